The minimum absolute atomic E-state index is 0.0116. The van der Waals surface area contributed by atoms with Crippen molar-refractivity contribution in [1.29, 1.82) is 0 Å². The molecule has 2 unspecified atom stereocenters. The molecule has 0 bridgehead atoms. The number of nitrogens with one attached hydrogen (secondary N) is 3. The highest BCUT2D eigenvalue weighted by Crippen LogP contribution is 2.50. The summed E-state index contributed by atoms with van der Waals surface area (Å²) in [6.07, 6.45) is -2.93. The Morgan fingerprint density at radius 2 is 1.53 bits per heavy atom. The molecule has 0 aliphatic carbocycles. The smallest absolute Gasteiger partial charge is 0.404 e. The molecule has 3 aromatic rings. The summed E-state index contributed by atoms with van der Waals surface area (Å²) in [6, 6.07) is 11.2. The second kappa shape index (κ2) is 15.9. The number of amides is 2. The zero-order chi connectivity index (χ0) is 34.4. The van der Waals surface area contributed by atoms with Gasteiger partial charge in [-0.3, -0.25) is 42.8 Å². The lowest BCUT2D eigenvalue weighted by molar-refractivity contribution is -0.114. The third-order valence-corrected chi connectivity index (χ3v) is 9.14. The van der Waals surface area contributed by atoms with Crippen molar-refractivity contribution in [2.45, 2.75) is 31.8 Å². The number of benzene rings is 2. The van der Waals surface area contributed by atoms with Gasteiger partial charge in [0.15, 0.2) is 0 Å². The summed E-state index contributed by atoms with van der Waals surface area (Å²) in [7, 11) is -9.82. The molecular weight excluding hydrogens is 798 g/mol. The maximum Gasteiger partial charge on any atom is 0.527 e. The summed E-state index contributed by atoms with van der Waals surface area (Å²) in [5.74, 6) is -1.02. The van der Waals surface area contributed by atoms with Gasteiger partial charge in [-0.15, -0.1) is 0 Å². The normalized spacial score (nSPS) is 20.1. The molecule has 5 N–H and O–H groups in total. The van der Waals surface area contributed by atoms with Crippen molar-refractivity contribution in [3.05, 3.63) is 81.1 Å². The predicted molar refractivity (Wildman–Crippen MR) is 174 cm³/mol. The number of nitrogens with zero attached hydrogens (tertiary/aromatic N) is 1. The topological polar surface area (TPSA) is 234 Å². The van der Waals surface area contributed by atoms with Gasteiger partial charge in [-0.2, -0.15) is 0 Å². The van der Waals surface area contributed by atoms with Crippen LogP contribution < -0.4 is 30.9 Å². The minimum atomic E-state index is -4.95. The van der Waals surface area contributed by atoms with E-state index in [2.05, 4.69) is 47.5 Å². The fourth-order valence-electron chi connectivity index (χ4n) is 4.24. The summed E-state index contributed by atoms with van der Waals surface area (Å²) < 4.78 is 53.6. The average molecular weight is 826 g/mol. The molecule has 0 saturated carbocycles. The third kappa shape index (κ3) is 10.7. The van der Waals surface area contributed by atoms with Crippen molar-refractivity contribution in [3.63, 3.8) is 0 Å². The summed E-state index contributed by atoms with van der Waals surface area (Å²) >= 11 is 6.03. The second-order valence-electron chi connectivity index (χ2n) is 9.82. The first-order chi connectivity index (χ1) is 22.2. The minimum Gasteiger partial charge on any atom is -0.404 e. The van der Waals surface area contributed by atoms with Crippen molar-refractivity contribution in [2.75, 3.05) is 27.9 Å². The number of H-pyrrole nitrogens is 1. The third-order valence-electron chi connectivity index (χ3n) is 6.23. The molecule has 47 heavy (non-hydrogen) atoms. The number of carbonyl (C=O) groups excluding carboxylic acids is 2. The van der Waals surface area contributed by atoms with Gasteiger partial charge >= 0.3 is 21.3 Å². The van der Waals surface area contributed by atoms with Crippen LogP contribution in [0.25, 0.3) is 0 Å². The lowest BCUT2D eigenvalue weighted by Gasteiger charge is -2.22. The van der Waals surface area contributed by atoms with Gasteiger partial charge in [0.05, 0.1) is 17.3 Å². The SMILES string of the molecule is Cc1cn([C@H]2C[C@H](OP(=O)(O)Oc3cccc(NC(=O)CBr)c3)[C@@H](COP(=O)(O)Oc3cccc(NC(=O)CBr)c3)O2)c(=O)[nH]c1=O. The summed E-state index contributed by atoms with van der Waals surface area (Å²) in [5, 5.41) is 5.11. The number of hydrogen-bond acceptors (Lipinski definition) is 11. The molecule has 2 aromatic carbocycles. The molecule has 1 fully saturated rings. The highest BCUT2D eigenvalue weighted by atomic mass is 79.9. The summed E-state index contributed by atoms with van der Waals surface area (Å²) in [5.41, 5.74) is -0.770. The van der Waals surface area contributed by atoms with Crippen molar-refractivity contribution < 1.29 is 51.3 Å². The van der Waals surface area contributed by atoms with Crippen LogP contribution in [0.5, 0.6) is 11.5 Å². The second-order valence-corrected chi connectivity index (χ2v) is 13.7. The first-order valence-electron chi connectivity index (χ1n) is 13.4. The van der Waals surface area contributed by atoms with E-state index in [4.69, 9.17) is 22.8 Å². The summed E-state index contributed by atoms with van der Waals surface area (Å²) in [4.78, 5) is 71.0. The van der Waals surface area contributed by atoms with Crippen LogP contribution in [0.4, 0.5) is 11.4 Å². The molecule has 1 aromatic heterocycles. The molecule has 4 rings (SSSR count). The molecule has 0 spiro atoms. The van der Waals surface area contributed by atoms with Crippen molar-refractivity contribution in [3.8, 4) is 11.5 Å². The van der Waals surface area contributed by atoms with Gasteiger partial charge < -0.3 is 24.4 Å². The van der Waals surface area contributed by atoms with Gasteiger partial charge in [0.1, 0.15) is 29.9 Å². The molecular formula is C26H28Br2N4O13P2. The zero-order valence-corrected chi connectivity index (χ0v) is 29.2. The Morgan fingerprint density at radius 1 is 0.979 bits per heavy atom. The van der Waals surface area contributed by atoms with E-state index in [0.29, 0.717) is 0 Å². The molecule has 21 heteroatoms. The average Bonchev–Trinajstić information content (AvgIpc) is 3.39. The van der Waals surface area contributed by atoms with E-state index in [0.717, 1.165) is 4.57 Å². The Kier molecular flexibility index (Phi) is 12.4. The monoisotopic (exact) mass is 824 g/mol. The van der Waals surface area contributed by atoms with E-state index in [1.165, 1.54) is 61.7 Å². The van der Waals surface area contributed by atoms with Crippen LogP contribution in [-0.2, 0) is 32.5 Å². The van der Waals surface area contributed by atoms with E-state index in [9.17, 15) is 38.1 Å². The molecule has 1 aliphatic rings. The highest BCUT2D eigenvalue weighted by molar-refractivity contribution is 9.09. The first-order valence-corrected chi connectivity index (χ1v) is 18.7. The molecule has 254 valence electrons. The van der Waals surface area contributed by atoms with Gasteiger partial charge in [0, 0.05) is 41.7 Å². The fourth-order valence-corrected chi connectivity index (χ4v) is 6.27. The molecule has 0 radical (unpaired) electrons. The first kappa shape index (κ1) is 36.7. The van der Waals surface area contributed by atoms with Crippen LogP contribution in [0.1, 0.15) is 18.2 Å². The molecule has 5 atom stereocenters. The van der Waals surface area contributed by atoms with Crippen LogP contribution in [0.2, 0.25) is 0 Å². The molecule has 17 nitrogen and oxygen atoms in total. The predicted octanol–water partition coefficient (Wildman–Crippen LogP) is 3.56. The number of halogens is 2. The fraction of sp³-hybridized carbons (Fsp3) is 0.308. The number of aromatic amines is 1. The quantitative estimate of drug-likeness (QED) is 0.116. The van der Waals surface area contributed by atoms with E-state index in [-0.39, 0.29) is 57.3 Å². The van der Waals surface area contributed by atoms with E-state index in [1.54, 1.807) is 0 Å². The number of hydrogen-bond donors (Lipinski definition) is 5. The van der Waals surface area contributed by atoms with E-state index < -0.39 is 51.9 Å². The Morgan fingerprint density at radius 3 is 2.09 bits per heavy atom. The van der Waals surface area contributed by atoms with Crippen LogP contribution in [-0.4, -0.2) is 60.6 Å². The zero-order valence-electron chi connectivity index (χ0n) is 24.2. The van der Waals surface area contributed by atoms with Crippen molar-refractivity contribution in [1.82, 2.24) is 9.55 Å². The number of phosphoric ester groups is 2. The van der Waals surface area contributed by atoms with Crippen LogP contribution in [0.15, 0.2) is 64.3 Å². The van der Waals surface area contributed by atoms with Crippen LogP contribution >= 0.6 is 47.5 Å². The van der Waals surface area contributed by atoms with Gasteiger partial charge in [0.25, 0.3) is 5.56 Å². The summed E-state index contributed by atoms with van der Waals surface area (Å²) in [6.45, 7) is 0.711. The lowest BCUT2D eigenvalue weighted by Crippen LogP contribution is -2.33. The largest absolute Gasteiger partial charge is 0.527 e. The Balaban J connectivity index is 1.51. The number of alkyl halides is 2. The number of phosphoric acid groups is 2. The van der Waals surface area contributed by atoms with Crippen LogP contribution in [0, 0.1) is 6.92 Å². The molecule has 1 saturated heterocycles. The number of rotatable bonds is 14. The number of aromatic nitrogens is 2. The number of anilines is 2. The number of aryl methyl sites for hydroxylation is 1. The maximum atomic E-state index is 13.1. The number of carbonyl (C=O) groups is 2. The standard InChI is InChI=1S/C26H28Br2N4O13P2/c1-15-13-32(26(36)31-25(15)35)24-10-20(45-47(39,40)44-19-7-3-5-17(9-19)30-23(34)12-28)21(42-24)14-41-46(37,38)43-18-6-2-4-16(8-18)29-22(33)11-27/h2-9,13,20-21,24H,10-12,14H2,1H3,(H,29,33)(H,30,34)(H,37,38)(H,39,40)(H,31,35,36)/t20-,21+,24+/m0/s1. The maximum absolute atomic E-state index is 13.1. The Bertz CT molecular complexity index is 1840. The number of ether oxygens (including phenoxy) is 1. The van der Waals surface area contributed by atoms with Crippen molar-refractivity contribution in [2.24, 2.45) is 0 Å². The van der Waals surface area contributed by atoms with E-state index >= 15 is 0 Å². The Labute approximate surface area is 283 Å². The lowest BCUT2D eigenvalue weighted by atomic mass is 10.2. The van der Waals surface area contributed by atoms with Gasteiger partial charge in [0.2, 0.25) is 11.8 Å². The molecule has 1 aliphatic heterocycles. The highest BCUT2D eigenvalue weighted by Gasteiger charge is 2.44. The Hall–Kier alpha value is -3.12. The van der Waals surface area contributed by atoms with Gasteiger partial charge in [-0.25, -0.2) is 13.9 Å². The van der Waals surface area contributed by atoms with Crippen molar-refractivity contribution >= 4 is 70.7 Å². The molecule has 2 amide bonds. The van der Waals surface area contributed by atoms with Gasteiger partial charge in [-0.1, -0.05) is 44.0 Å². The molecule has 2 heterocycles. The van der Waals surface area contributed by atoms with Gasteiger partial charge in [-0.05, 0) is 31.2 Å². The van der Waals surface area contributed by atoms with E-state index in [1.807, 2.05) is 0 Å². The van der Waals surface area contributed by atoms with Crippen LogP contribution in [0.3, 0.4) is 0 Å².